The van der Waals surface area contributed by atoms with E-state index in [-0.39, 0.29) is 30.6 Å². The van der Waals surface area contributed by atoms with E-state index in [4.69, 9.17) is 4.74 Å². The number of nitrogens with one attached hydrogen (secondary N) is 2. The lowest BCUT2D eigenvalue weighted by Crippen LogP contribution is -2.51. The predicted molar refractivity (Wildman–Crippen MR) is 86.8 cm³/mol. The van der Waals surface area contributed by atoms with Crippen molar-refractivity contribution < 1.29 is 19.4 Å². The number of carbonyl (C=O) groups is 2. The van der Waals surface area contributed by atoms with E-state index in [0.29, 0.717) is 12.3 Å². The van der Waals surface area contributed by atoms with Gasteiger partial charge in [-0.1, -0.05) is 19.3 Å². The van der Waals surface area contributed by atoms with E-state index in [1.807, 2.05) is 0 Å². The monoisotopic (exact) mass is 326 g/mol. The Bertz CT molecular complexity index is 396. The van der Waals surface area contributed by atoms with E-state index in [2.05, 4.69) is 10.6 Å². The van der Waals surface area contributed by atoms with Gasteiger partial charge >= 0.3 is 0 Å². The molecule has 0 aromatic carbocycles. The number of hydrogen-bond donors (Lipinski definition) is 3. The molecular formula is C17H30N2O4. The van der Waals surface area contributed by atoms with E-state index < -0.39 is 6.10 Å². The number of rotatable bonds is 6. The van der Waals surface area contributed by atoms with Crippen molar-refractivity contribution in [2.45, 2.75) is 76.5 Å². The van der Waals surface area contributed by atoms with Crippen LogP contribution in [-0.4, -0.2) is 48.3 Å². The first-order valence-corrected chi connectivity index (χ1v) is 8.88. The number of hydrogen-bond acceptors (Lipinski definition) is 4. The molecule has 1 saturated carbocycles. The quantitative estimate of drug-likeness (QED) is 0.682. The second-order valence-electron chi connectivity index (χ2n) is 6.88. The molecule has 1 heterocycles. The van der Waals surface area contributed by atoms with Crippen molar-refractivity contribution in [1.29, 1.82) is 0 Å². The molecule has 1 aliphatic heterocycles. The summed E-state index contributed by atoms with van der Waals surface area (Å²) in [6.45, 7) is 2.08. The van der Waals surface area contributed by atoms with Crippen LogP contribution >= 0.6 is 0 Å². The smallest absolute Gasteiger partial charge is 0.222 e. The molecule has 6 nitrogen and oxygen atoms in total. The van der Waals surface area contributed by atoms with Crippen LogP contribution in [0.4, 0.5) is 0 Å². The highest BCUT2D eigenvalue weighted by Gasteiger charge is 2.32. The zero-order chi connectivity index (χ0) is 16.7. The van der Waals surface area contributed by atoms with Crippen molar-refractivity contribution in [2.24, 2.45) is 5.92 Å². The molecule has 3 N–H and O–H groups in total. The number of ether oxygens (including phenoxy) is 1. The highest BCUT2D eigenvalue weighted by Crippen LogP contribution is 2.24. The summed E-state index contributed by atoms with van der Waals surface area (Å²) in [5.41, 5.74) is 0. The molecular weight excluding hydrogens is 296 g/mol. The van der Waals surface area contributed by atoms with Gasteiger partial charge in [-0.05, 0) is 31.6 Å². The lowest BCUT2D eigenvalue weighted by atomic mass is 9.89. The zero-order valence-corrected chi connectivity index (χ0v) is 14.1. The molecule has 132 valence electrons. The Morgan fingerprint density at radius 3 is 2.52 bits per heavy atom. The summed E-state index contributed by atoms with van der Waals surface area (Å²) in [6, 6.07) is -0.168. The van der Waals surface area contributed by atoms with Crippen molar-refractivity contribution in [1.82, 2.24) is 10.6 Å². The van der Waals surface area contributed by atoms with Crippen LogP contribution in [0.2, 0.25) is 0 Å². The fraction of sp³-hybridized carbons (Fsp3) is 0.882. The fourth-order valence-corrected chi connectivity index (χ4v) is 3.64. The molecule has 2 aliphatic rings. The van der Waals surface area contributed by atoms with Gasteiger partial charge < -0.3 is 20.5 Å². The van der Waals surface area contributed by atoms with Gasteiger partial charge in [0.15, 0.2) is 0 Å². The molecule has 0 unspecified atom stereocenters. The number of aliphatic hydroxyl groups is 1. The standard InChI is InChI=1S/C17H30N2O4/c1-12(21)19-15-8-7-14(23-16(15)11-20)9-17(22)18-10-13-5-3-2-4-6-13/h13-16,20H,2-11H2,1H3,(H,18,22)(H,19,21)/t14-,15+,16+/m0/s1. The third-order valence-corrected chi connectivity index (χ3v) is 4.91. The SMILES string of the molecule is CC(=O)N[C@@H]1CC[C@@H](CC(=O)NCC2CCCCC2)O[C@@H]1CO. The van der Waals surface area contributed by atoms with Gasteiger partial charge in [0.1, 0.15) is 6.10 Å². The first-order valence-electron chi connectivity index (χ1n) is 8.88. The second kappa shape index (κ2) is 9.23. The number of aliphatic hydroxyl groups excluding tert-OH is 1. The van der Waals surface area contributed by atoms with Crippen LogP contribution in [0.15, 0.2) is 0 Å². The van der Waals surface area contributed by atoms with Crippen LogP contribution in [0.5, 0.6) is 0 Å². The molecule has 2 amide bonds. The summed E-state index contributed by atoms with van der Waals surface area (Å²) in [4.78, 5) is 23.2. The summed E-state index contributed by atoms with van der Waals surface area (Å²) in [5.74, 6) is 0.519. The van der Waals surface area contributed by atoms with Crippen LogP contribution in [0, 0.1) is 5.92 Å². The topological polar surface area (TPSA) is 87.7 Å². The van der Waals surface area contributed by atoms with Crippen molar-refractivity contribution in [3.63, 3.8) is 0 Å². The average molecular weight is 326 g/mol. The fourth-order valence-electron chi connectivity index (χ4n) is 3.64. The molecule has 0 bridgehead atoms. The number of amides is 2. The molecule has 1 aliphatic carbocycles. The maximum Gasteiger partial charge on any atom is 0.222 e. The largest absolute Gasteiger partial charge is 0.394 e. The normalized spacial score (nSPS) is 29.0. The van der Waals surface area contributed by atoms with Crippen molar-refractivity contribution in [3.05, 3.63) is 0 Å². The Morgan fingerprint density at radius 1 is 1.13 bits per heavy atom. The molecule has 23 heavy (non-hydrogen) atoms. The number of carbonyl (C=O) groups excluding carboxylic acids is 2. The Balaban J connectivity index is 1.70. The molecule has 1 saturated heterocycles. The van der Waals surface area contributed by atoms with Gasteiger partial charge in [-0.3, -0.25) is 9.59 Å². The van der Waals surface area contributed by atoms with Crippen molar-refractivity contribution in [3.8, 4) is 0 Å². The Labute approximate surface area is 138 Å². The van der Waals surface area contributed by atoms with E-state index in [1.165, 1.54) is 39.0 Å². The van der Waals surface area contributed by atoms with Gasteiger partial charge in [0.05, 0.1) is 25.2 Å². The van der Waals surface area contributed by atoms with Gasteiger partial charge in [0.2, 0.25) is 11.8 Å². The zero-order valence-electron chi connectivity index (χ0n) is 14.1. The maximum absolute atomic E-state index is 12.1. The van der Waals surface area contributed by atoms with Gasteiger partial charge in [0.25, 0.3) is 0 Å². The molecule has 0 aromatic heterocycles. The second-order valence-corrected chi connectivity index (χ2v) is 6.88. The van der Waals surface area contributed by atoms with Crippen molar-refractivity contribution in [2.75, 3.05) is 13.2 Å². The molecule has 0 spiro atoms. The molecule has 3 atom stereocenters. The minimum Gasteiger partial charge on any atom is -0.394 e. The van der Waals surface area contributed by atoms with Crippen LogP contribution in [-0.2, 0) is 14.3 Å². The summed E-state index contributed by atoms with van der Waals surface area (Å²) >= 11 is 0. The van der Waals surface area contributed by atoms with E-state index in [0.717, 1.165) is 19.4 Å². The van der Waals surface area contributed by atoms with Gasteiger partial charge in [0, 0.05) is 13.5 Å². The Hall–Kier alpha value is -1.14. The summed E-state index contributed by atoms with van der Waals surface area (Å²) < 4.78 is 5.79. The van der Waals surface area contributed by atoms with Crippen LogP contribution in [0.25, 0.3) is 0 Å². The lowest BCUT2D eigenvalue weighted by Gasteiger charge is -2.35. The molecule has 0 radical (unpaired) electrons. The van der Waals surface area contributed by atoms with Crippen LogP contribution in [0.3, 0.4) is 0 Å². The molecule has 2 rings (SSSR count). The minimum absolute atomic E-state index is 0.0234. The summed E-state index contributed by atoms with van der Waals surface area (Å²) in [5, 5.41) is 15.2. The average Bonchev–Trinajstić information content (AvgIpc) is 2.55. The highest BCUT2D eigenvalue weighted by atomic mass is 16.5. The molecule has 2 fully saturated rings. The van der Waals surface area contributed by atoms with E-state index in [1.54, 1.807) is 0 Å². The Morgan fingerprint density at radius 2 is 1.87 bits per heavy atom. The first kappa shape index (κ1) is 18.2. The summed E-state index contributed by atoms with van der Waals surface area (Å²) in [6.07, 6.45) is 7.46. The molecule has 6 heteroatoms. The van der Waals surface area contributed by atoms with Crippen molar-refractivity contribution >= 4 is 11.8 Å². The van der Waals surface area contributed by atoms with E-state index in [9.17, 15) is 14.7 Å². The van der Waals surface area contributed by atoms with E-state index >= 15 is 0 Å². The predicted octanol–water partition coefficient (Wildman–Crippen LogP) is 1.12. The third-order valence-electron chi connectivity index (χ3n) is 4.91. The van der Waals surface area contributed by atoms with Gasteiger partial charge in [-0.2, -0.15) is 0 Å². The third kappa shape index (κ3) is 6.11. The first-order chi connectivity index (χ1) is 11.1. The lowest BCUT2D eigenvalue weighted by molar-refractivity contribution is -0.135. The van der Waals surface area contributed by atoms with Crippen LogP contribution < -0.4 is 10.6 Å². The van der Waals surface area contributed by atoms with Crippen LogP contribution in [0.1, 0.15) is 58.3 Å². The highest BCUT2D eigenvalue weighted by molar-refractivity contribution is 5.76. The molecule has 0 aromatic rings. The van der Waals surface area contributed by atoms with Gasteiger partial charge in [-0.15, -0.1) is 0 Å². The summed E-state index contributed by atoms with van der Waals surface area (Å²) in [7, 11) is 0. The maximum atomic E-state index is 12.1. The minimum atomic E-state index is -0.427. The Kier molecular flexibility index (Phi) is 7.30. The van der Waals surface area contributed by atoms with Gasteiger partial charge in [-0.25, -0.2) is 0 Å².